The summed E-state index contributed by atoms with van der Waals surface area (Å²) in [7, 11) is 0. The lowest BCUT2D eigenvalue weighted by atomic mass is 9.99. The second kappa shape index (κ2) is 10.5. The Morgan fingerprint density at radius 1 is 1.08 bits per heavy atom. The number of nitrogen functional groups attached to an aromatic ring is 1. The number of pyridine rings is 1. The zero-order chi connectivity index (χ0) is 26.8. The first kappa shape index (κ1) is 25.3. The van der Waals surface area contributed by atoms with Crippen molar-refractivity contribution in [3.63, 3.8) is 0 Å². The van der Waals surface area contributed by atoms with Crippen molar-refractivity contribution in [1.82, 2.24) is 14.7 Å². The van der Waals surface area contributed by atoms with Crippen LogP contribution in [0, 0.1) is 5.82 Å². The van der Waals surface area contributed by atoms with E-state index in [1.807, 2.05) is 6.07 Å². The number of rotatable bonds is 7. The van der Waals surface area contributed by atoms with Gasteiger partial charge >= 0.3 is 0 Å². The average Bonchev–Trinajstić information content (AvgIpc) is 3.56. The quantitative estimate of drug-likeness (QED) is 0.329. The Bertz CT molecular complexity index is 1530. The van der Waals surface area contributed by atoms with Crippen molar-refractivity contribution in [2.45, 2.75) is 37.8 Å². The molecule has 0 saturated heterocycles. The number of halogens is 1. The van der Waals surface area contributed by atoms with Gasteiger partial charge < -0.3 is 16.8 Å². The minimum absolute atomic E-state index is 0.0356. The van der Waals surface area contributed by atoms with E-state index in [1.54, 1.807) is 30.5 Å². The number of carbonyl (C=O) groups is 3. The van der Waals surface area contributed by atoms with Gasteiger partial charge in [-0.25, -0.2) is 4.39 Å². The first-order chi connectivity index (χ1) is 18.3. The number of nitrogens with one attached hydrogen (secondary N) is 1. The molecule has 1 fully saturated rings. The van der Waals surface area contributed by atoms with Crippen LogP contribution in [0.3, 0.4) is 0 Å². The van der Waals surface area contributed by atoms with Crippen molar-refractivity contribution >= 4 is 51.5 Å². The van der Waals surface area contributed by atoms with E-state index >= 15 is 0 Å². The largest absolute Gasteiger partial charge is 0.395 e. The fraction of sp³-hybridized carbons (Fsp3) is 0.222. The molecule has 1 aliphatic rings. The minimum Gasteiger partial charge on any atom is -0.395 e. The number of hydrogen-bond acceptors (Lipinski definition) is 7. The van der Waals surface area contributed by atoms with Crippen molar-refractivity contribution in [1.29, 1.82) is 0 Å². The maximum absolute atomic E-state index is 14.4. The first-order valence-corrected chi connectivity index (χ1v) is 12.9. The lowest BCUT2D eigenvalue weighted by Gasteiger charge is -2.32. The van der Waals surface area contributed by atoms with Crippen molar-refractivity contribution in [2.75, 3.05) is 10.6 Å². The molecule has 0 unspecified atom stereocenters. The van der Waals surface area contributed by atoms with Gasteiger partial charge in [-0.1, -0.05) is 31.0 Å². The van der Waals surface area contributed by atoms with Crippen LogP contribution in [0.15, 0.2) is 60.8 Å². The van der Waals surface area contributed by atoms with Crippen LogP contribution in [0.5, 0.6) is 0 Å². The van der Waals surface area contributed by atoms with Crippen LogP contribution in [0.25, 0.3) is 10.9 Å². The van der Waals surface area contributed by atoms with E-state index in [0.717, 1.165) is 31.1 Å². The molecule has 1 saturated carbocycles. The number of nitrogens with two attached hydrogens (primary N) is 2. The molecule has 38 heavy (non-hydrogen) atoms. The van der Waals surface area contributed by atoms with Crippen LogP contribution >= 0.6 is 11.5 Å². The molecule has 5 rings (SSSR count). The van der Waals surface area contributed by atoms with E-state index in [4.69, 9.17) is 11.5 Å². The van der Waals surface area contributed by atoms with Gasteiger partial charge in [0.25, 0.3) is 11.8 Å². The molecule has 1 atom stereocenters. The number of fused-ring (bicyclic) bond motifs is 1. The predicted molar refractivity (Wildman–Crippen MR) is 143 cm³/mol. The van der Waals surface area contributed by atoms with E-state index in [9.17, 15) is 18.8 Å². The number of aromatic nitrogens is 2. The van der Waals surface area contributed by atoms with Gasteiger partial charge in [-0.3, -0.25) is 24.3 Å². The zero-order valence-electron chi connectivity index (χ0n) is 20.3. The van der Waals surface area contributed by atoms with Gasteiger partial charge in [-0.2, -0.15) is 4.37 Å². The maximum atomic E-state index is 14.4. The number of hydrogen-bond donors (Lipinski definition) is 3. The smallest absolute Gasteiger partial charge is 0.273 e. The number of nitrogens with zero attached hydrogens (tertiary/aromatic N) is 3. The molecule has 2 aromatic heterocycles. The highest BCUT2D eigenvalue weighted by Crippen LogP contribution is 2.34. The fourth-order valence-corrected chi connectivity index (χ4v) is 5.52. The summed E-state index contributed by atoms with van der Waals surface area (Å²) in [6, 6.07) is 13.1. The molecular formula is C27H25FN6O3S. The summed E-state index contributed by atoms with van der Waals surface area (Å²) in [6.07, 6.45) is 5.32. The summed E-state index contributed by atoms with van der Waals surface area (Å²) < 4.78 is 18.4. The van der Waals surface area contributed by atoms with Gasteiger partial charge in [-0.05, 0) is 66.3 Å². The summed E-state index contributed by atoms with van der Waals surface area (Å²) in [6.45, 7) is 0. The van der Waals surface area contributed by atoms with E-state index in [2.05, 4.69) is 14.7 Å². The SMILES string of the molecule is NC(=O)c1nsc(C(=O)N(c2cccc(F)c2)[C@@H](C(=O)NC2CCCC2)c2ccc3ncccc3c2)c1N. The molecule has 11 heteroatoms. The highest BCUT2D eigenvalue weighted by Gasteiger charge is 2.37. The Morgan fingerprint density at radius 2 is 1.87 bits per heavy atom. The van der Waals surface area contributed by atoms with Crippen LogP contribution in [-0.2, 0) is 4.79 Å². The molecule has 4 aromatic rings. The topological polar surface area (TPSA) is 144 Å². The Hall–Kier alpha value is -4.38. The van der Waals surface area contributed by atoms with Crippen LogP contribution < -0.4 is 21.7 Å². The molecule has 0 spiro atoms. The summed E-state index contributed by atoms with van der Waals surface area (Å²) in [5.41, 5.74) is 12.4. The third-order valence-corrected chi connectivity index (χ3v) is 7.46. The van der Waals surface area contributed by atoms with Crippen molar-refractivity contribution in [2.24, 2.45) is 5.73 Å². The first-order valence-electron chi connectivity index (χ1n) is 12.1. The maximum Gasteiger partial charge on any atom is 0.273 e. The van der Waals surface area contributed by atoms with Crippen molar-refractivity contribution in [3.8, 4) is 0 Å². The summed E-state index contributed by atoms with van der Waals surface area (Å²) in [5.74, 6) is -2.60. The fourth-order valence-electron chi connectivity index (χ4n) is 4.78. The van der Waals surface area contributed by atoms with Crippen molar-refractivity contribution < 1.29 is 18.8 Å². The molecule has 2 aromatic carbocycles. The van der Waals surface area contributed by atoms with Crippen molar-refractivity contribution in [3.05, 3.63) is 82.7 Å². The van der Waals surface area contributed by atoms with Gasteiger partial charge in [0.15, 0.2) is 5.69 Å². The van der Waals surface area contributed by atoms with Gasteiger partial charge in [0.2, 0.25) is 5.91 Å². The lowest BCUT2D eigenvalue weighted by molar-refractivity contribution is -0.123. The third kappa shape index (κ3) is 4.92. The van der Waals surface area contributed by atoms with E-state index in [-0.39, 0.29) is 28.0 Å². The number of amides is 3. The summed E-state index contributed by atoms with van der Waals surface area (Å²) in [4.78, 5) is 45.2. The van der Waals surface area contributed by atoms with Crippen LogP contribution in [-0.4, -0.2) is 33.1 Å². The van der Waals surface area contributed by atoms with Gasteiger partial charge in [0, 0.05) is 23.3 Å². The van der Waals surface area contributed by atoms with Crippen LogP contribution in [0.4, 0.5) is 15.8 Å². The van der Waals surface area contributed by atoms with E-state index < -0.39 is 29.6 Å². The highest BCUT2D eigenvalue weighted by molar-refractivity contribution is 7.09. The molecule has 0 aliphatic heterocycles. The monoisotopic (exact) mass is 532 g/mol. The Morgan fingerprint density at radius 3 is 2.58 bits per heavy atom. The van der Waals surface area contributed by atoms with Gasteiger partial charge in [0.05, 0.1) is 11.2 Å². The molecule has 9 nitrogen and oxygen atoms in total. The molecule has 194 valence electrons. The number of carbonyl (C=O) groups excluding carboxylic acids is 3. The molecule has 1 aliphatic carbocycles. The summed E-state index contributed by atoms with van der Waals surface area (Å²) in [5, 5.41) is 3.84. The van der Waals surface area contributed by atoms with Gasteiger partial charge in [0.1, 0.15) is 16.7 Å². The Labute approximate surface area is 221 Å². The molecule has 0 radical (unpaired) electrons. The summed E-state index contributed by atoms with van der Waals surface area (Å²) >= 11 is 0.697. The third-order valence-electron chi connectivity index (χ3n) is 6.61. The second-order valence-electron chi connectivity index (χ2n) is 9.14. The minimum atomic E-state index is -1.19. The molecule has 2 heterocycles. The van der Waals surface area contributed by atoms with E-state index in [1.165, 1.54) is 29.2 Å². The molecule has 0 bridgehead atoms. The molecule has 5 N–H and O–H groups in total. The van der Waals surface area contributed by atoms with Crippen LogP contribution in [0.2, 0.25) is 0 Å². The zero-order valence-corrected chi connectivity index (χ0v) is 21.1. The molecule has 3 amide bonds. The van der Waals surface area contributed by atoms with Crippen LogP contribution in [0.1, 0.15) is 57.4 Å². The van der Waals surface area contributed by atoms with Gasteiger partial charge in [-0.15, -0.1) is 0 Å². The van der Waals surface area contributed by atoms with E-state index in [0.29, 0.717) is 22.6 Å². The number of primary amides is 1. The Balaban J connectivity index is 1.68. The standard InChI is InChI=1S/C27H25FN6O3S/c28-17-6-3-9-19(14-17)34(27(37)24-21(29)22(25(30)35)33-38-24)23(26(36)32-18-7-1-2-8-18)16-10-11-20-15(13-16)5-4-12-31-20/h3-6,9-14,18,23H,1-2,7-8,29H2,(H2,30,35)(H,32,36)/t23-/m1/s1. The highest BCUT2D eigenvalue weighted by atomic mass is 32.1. The molecular weight excluding hydrogens is 507 g/mol. The average molecular weight is 533 g/mol. The number of anilines is 2. The lowest BCUT2D eigenvalue weighted by Crippen LogP contribution is -2.46. The predicted octanol–water partition coefficient (Wildman–Crippen LogP) is 3.96. The normalized spacial score (nSPS) is 14.3. The Kier molecular flexibility index (Phi) is 7.01. The second-order valence-corrected chi connectivity index (χ2v) is 9.91. The number of benzene rings is 2.